The number of non-ortho nitro benzene ring substituents is 1. The Hall–Kier alpha value is -4.20. The molecule has 1 fully saturated rings. The molecule has 0 aromatic heterocycles. The van der Waals surface area contributed by atoms with Gasteiger partial charge < -0.3 is 16.4 Å². The van der Waals surface area contributed by atoms with E-state index in [1.54, 1.807) is 30.3 Å². The van der Waals surface area contributed by atoms with Gasteiger partial charge in [-0.3, -0.25) is 14.9 Å². The quantitative estimate of drug-likeness (QED) is 0.303. The maximum Gasteiger partial charge on any atom is 0.319 e. The van der Waals surface area contributed by atoms with Crippen LogP contribution in [0.3, 0.4) is 0 Å². The van der Waals surface area contributed by atoms with Gasteiger partial charge in [0.2, 0.25) is 5.91 Å². The molecule has 8 nitrogen and oxygen atoms in total. The molecule has 0 spiro atoms. The van der Waals surface area contributed by atoms with E-state index in [-0.39, 0.29) is 5.69 Å². The molecule has 35 heavy (non-hydrogen) atoms. The van der Waals surface area contributed by atoms with Crippen molar-refractivity contribution in [1.82, 2.24) is 5.32 Å². The summed E-state index contributed by atoms with van der Waals surface area (Å²) < 4.78 is 0. The Morgan fingerprint density at radius 1 is 0.914 bits per heavy atom. The number of hydrogen-bond donors (Lipinski definition) is 3. The van der Waals surface area contributed by atoms with Crippen molar-refractivity contribution in [1.29, 1.82) is 0 Å². The number of nitro groups is 1. The molecule has 1 saturated carbocycles. The van der Waals surface area contributed by atoms with Gasteiger partial charge in [-0.05, 0) is 53.6 Å². The largest absolute Gasteiger partial charge is 0.366 e. The highest BCUT2D eigenvalue weighted by Gasteiger charge is 2.20. The molecule has 0 saturated heterocycles. The van der Waals surface area contributed by atoms with Gasteiger partial charge in [-0.1, -0.05) is 61.7 Å². The molecule has 180 valence electrons. The van der Waals surface area contributed by atoms with E-state index >= 15 is 0 Å². The van der Waals surface area contributed by atoms with E-state index in [2.05, 4.69) is 22.8 Å². The second kappa shape index (κ2) is 10.8. The summed E-state index contributed by atoms with van der Waals surface area (Å²) in [6.07, 6.45) is 6.19. The highest BCUT2D eigenvalue weighted by molar-refractivity contribution is 5.93. The fraction of sp³-hybridized carbons (Fsp3) is 0.259. The van der Waals surface area contributed by atoms with Crippen molar-refractivity contribution in [3.05, 3.63) is 105 Å². The van der Waals surface area contributed by atoms with Crippen LogP contribution in [-0.2, 0) is 0 Å². The molecule has 1 atom stereocenters. The van der Waals surface area contributed by atoms with Crippen molar-refractivity contribution in [3.63, 3.8) is 0 Å². The van der Waals surface area contributed by atoms with Gasteiger partial charge in [-0.25, -0.2) is 4.79 Å². The van der Waals surface area contributed by atoms with E-state index in [1.807, 2.05) is 12.1 Å². The lowest BCUT2D eigenvalue weighted by molar-refractivity contribution is -0.384. The number of nitro benzene ring substituents is 1. The normalized spacial score (nSPS) is 14.6. The van der Waals surface area contributed by atoms with Crippen LogP contribution in [-0.4, -0.2) is 16.9 Å². The Kier molecular flexibility index (Phi) is 7.40. The number of nitrogens with one attached hydrogen (secondary N) is 2. The summed E-state index contributed by atoms with van der Waals surface area (Å²) in [5.41, 5.74) is 8.90. The van der Waals surface area contributed by atoms with Crippen LogP contribution in [0.25, 0.3) is 0 Å². The molecule has 1 unspecified atom stereocenters. The summed E-state index contributed by atoms with van der Waals surface area (Å²) in [4.78, 5) is 34.9. The predicted molar refractivity (Wildman–Crippen MR) is 134 cm³/mol. The van der Waals surface area contributed by atoms with Crippen molar-refractivity contribution in [3.8, 4) is 0 Å². The van der Waals surface area contributed by atoms with E-state index < -0.39 is 22.9 Å². The van der Waals surface area contributed by atoms with Gasteiger partial charge in [0.1, 0.15) is 0 Å². The number of carbonyl (C=O) groups is 2. The first kappa shape index (κ1) is 23.9. The van der Waals surface area contributed by atoms with Crippen molar-refractivity contribution in [2.24, 2.45) is 5.73 Å². The third-order valence-electron chi connectivity index (χ3n) is 6.47. The number of anilines is 1. The van der Waals surface area contributed by atoms with Gasteiger partial charge >= 0.3 is 6.03 Å². The number of nitrogens with two attached hydrogens (primary N) is 1. The first-order valence-corrected chi connectivity index (χ1v) is 11.7. The predicted octanol–water partition coefficient (Wildman–Crippen LogP) is 5.65. The van der Waals surface area contributed by atoms with Gasteiger partial charge in [0.15, 0.2) is 0 Å². The average molecular weight is 473 g/mol. The fourth-order valence-electron chi connectivity index (χ4n) is 4.59. The van der Waals surface area contributed by atoms with E-state index in [0.717, 1.165) is 11.1 Å². The van der Waals surface area contributed by atoms with E-state index in [0.29, 0.717) is 17.2 Å². The molecule has 3 amide bonds. The summed E-state index contributed by atoms with van der Waals surface area (Å²) in [5.74, 6) is 0.0394. The molecule has 3 aromatic rings. The molecule has 0 radical (unpaired) electrons. The molecule has 4 rings (SSSR count). The van der Waals surface area contributed by atoms with Gasteiger partial charge in [0.25, 0.3) is 5.69 Å². The Labute approximate surface area is 203 Å². The minimum absolute atomic E-state index is 0.111. The molecular weight excluding hydrogens is 444 g/mol. The Bertz CT molecular complexity index is 1200. The van der Waals surface area contributed by atoms with Crippen molar-refractivity contribution >= 4 is 23.3 Å². The molecule has 0 heterocycles. The van der Waals surface area contributed by atoms with E-state index in [9.17, 15) is 19.7 Å². The maximum absolute atomic E-state index is 12.9. The van der Waals surface area contributed by atoms with Crippen LogP contribution in [0.4, 0.5) is 16.2 Å². The highest BCUT2D eigenvalue weighted by Crippen LogP contribution is 2.33. The van der Waals surface area contributed by atoms with Gasteiger partial charge in [-0.2, -0.15) is 0 Å². The lowest BCUT2D eigenvalue weighted by atomic mass is 9.83. The molecule has 1 aliphatic carbocycles. The zero-order valence-corrected chi connectivity index (χ0v) is 19.3. The number of rotatable bonds is 7. The minimum Gasteiger partial charge on any atom is -0.366 e. The standard InChI is InChI=1S/C27H28N4O4/c28-26(32)22-15-13-21(14-16-22)25(20-11-9-19(10-12-20)18-5-2-1-3-6-18)30-27(33)29-23-7-4-8-24(17-23)31(34)35/h4,7-18,25H,1-3,5-6H2,(H2,28,32)(H2,29,30,33). The first-order chi connectivity index (χ1) is 16.9. The third kappa shape index (κ3) is 6.03. The number of amides is 3. The summed E-state index contributed by atoms with van der Waals surface area (Å²) in [7, 11) is 0. The summed E-state index contributed by atoms with van der Waals surface area (Å²) in [6, 6.07) is 19.8. The summed E-state index contributed by atoms with van der Waals surface area (Å²) >= 11 is 0. The smallest absolute Gasteiger partial charge is 0.319 e. The van der Waals surface area contributed by atoms with Crippen LogP contribution in [0.15, 0.2) is 72.8 Å². The molecule has 0 aliphatic heterocycles. The van der Waals surface area contributed by atoms with Crippen LogP contribution >= 0.6 is 0 Å². The number of urea groups is 1. The maximum atomic E-state index is 12.9. The molecule has 8 heteroatoms. The lowest BCUT2D eigenvalue weighted by Gasteiger charge is -2.24. The molecule has 4 N–H and O–H groups in total. The van der Waals surface area contributed by atoms with Gasteiger partial charge in [0.05, 0.1) is 11.0 Å². The highest BCUT2D eigenvalue weighted by atomic mass is 16.6. The Balaban J connectivity index is 1.57. The molecular formula is C27H28N4O4. The zero-order valence-electron chi connectivity index (χ0n) is 19.3. The Morgan fingerprint density at radius 2 is 1.54 bits per heavy atom. The summed E-state index contributed by atoms with van der Waals surface area (Å²) in [5, 5.41) is 16.7. The number of hydrogen-bond acceptors (Lipinski definition) is 4. The Morgan fingerprint density at radius 3 is 2.14 bits per heavy atom. The van der Waals surface area contributed by atoms with Crippen molar-refractivity contribution < 1.29 is 14.5 Å². The van der Waals surface area contributed by atoms with E-state index in [4.69, 9.17) is 5.73 Å². The molecule has 0 bridgehead atoms. The van der Waals surface area contributed by atoms with Crippen LogP contribution in [0.5, 0.6) is 0 Å². The van der Waals surface area contributed by atoms with Crippen LogP contribution in [0, 0.1) is 10.1 Å². The molecule has 3 aromatic carbocycles. The van der Waals surface area contributed by atoms with Crippen LogP contribution in [0.2, 0.25) is 0 Å². The second-order valence-corrected chi connectivity index (χ2v) is 8.83. The van der Waals surface area contributed by atoms with Crippen molar-refractivity contribution in [2.75, 3.05) is 5.32 Å². The lowest BCUT2D eigenvalue weighted by Crippen LogP contribution is -2.33. The average Bonchev–Trinajstić information content (AvgIpc) is 2.88. The summed E-state index contributed by atoms with van der Waals surface area (Å²) in [6.45, 7) is 0. The number of benzene rings is 3. The van der Waals surface area contributed by atoms with Gasteiger partial charge in [0, 0.05) is 23.4 Å². The van der Waals surface area contributed by atoms with Crippen LogP contribution < -0.4 is 16.4 Å². The van der Waals surface area contributed by atoms with Gasteiger partial charge in [-0.15, -0.1) is 0 Å². The first-order valence-electron chi connectivity index (χ1n) is 11.7. The molecule has 1 aliphatic rings. The SMILES string of the molecule is NC(=O)c1ccc(C(NC(=O)Nc2cccc([N+](=O)[O-])c2)c2ccc(C3CCCCC3)cc2)cc1. The topological polar surface area (TPSA) is 127 Å². The van der Waals surface area contributed by atoms with Crippen molar-refractivity contribution in [2.45, 2.75) is 44.1 Å². The number of carbonyl (C=O) groups excluding carboxylic acids is 2. The zero-order chi connectivity index (χ0) is 24.8. The van der Waals surface area contributed by atoms with E-state index in [1.165, 1.54) is 55.9 Å². The second-order valence-electron chi connectivity index (χ2n) is 8.83. The third-order valence-corrected chi connectivity index (χ3v) is 6.47. The fourth-order valence-corrected chi connectivity index (χ4v) is 4.59. The number of nitrogens with zero attached hydrogens (tertiary/aromatic N) is 1. The number of primary amides is 1. The minimum atomic E-state index is -0.527. The monoisotopic (exact) mass is 472 g/mol. The van der Waals surface area contributed by atoms with Crippen LogP contribution in [0.1, 0.15) is 71.1 Å².